The minimum absolute atomic E-state index is 0.183. The van der Waals surface area contributed by atoms with Crippen LogP contribution in [0.25, 0.3) is 0 Å². The van der Waals surface area contributed by atoms with Crippen LogP contribution in [0.3, 0.4) is 0 Å². The molecule has 98 valence electrons. The van der Waals surface area contributed by atoms with E-state index in [0.29, 0.717) is 17.5 Å². The maximum absolute atomic E-state index is 12.0. The van der Waals surface area contributed by atoms with Gasteiger partial charge in [-0.3, -0.25) is 4.79 Å². The van der Waals surface area contributed by atoms with Gasteiger partial charge in [0.2, 0.25) is 0 Å². The van der Waals surface area contributed by atoms with Gasteiger partial charge in [-0.2, -0.15) is 0 Å². The van der Waals surface area contributed by atoms with Crippen LogP contribution in [0.1, 0.15) is 42.5 Å². The summed E-state index contributed by atoms with van der Waals surface area (Å²) in [5, 5.41) is 0.630. The molecule has 0 N–H and O–H groups in total. The highest BCUT2D eigenvalue weighted by Crippen LogP contribution is 2.22. The first-order chi connectivity index (χ1) is 8.66. The number of ketones is 1. The van der Waals surface area contributed by atoms with Gasteiger partial charge < -0.3 is 4.90 Å². The zero-order valence-corrected chi connectivity index (χ0v) is 11.6. The van der Waals surface area contributed by atoms with Crippen molar-refractivity contribution in [2.24, 2.45) is 0 Å². The van der Waals surface area contributed by atoms with Gasteiger partial charge >= 0.3 is 0 Å². The van der Waals surface area contributed by atoms with Crippen molar-refractivity contribution >= 4 is 17.4 Å². The zero-order valence-electron chi connectivity index (χ0n) is 10.9. The molecule has 2 nitrogen and oxygen atoms in total. The van der Waals surface area contributed by atoms with Gasteiger partial charge in [0.15, 0.2) is 5.78 Å². The molecule has 0 amide bonds. The molecule has 0 aromatic heterocycles. The summed E-state index contributed by atoms with van der Waals surface area (Å²) in [6, 6.07) is 7.89. The van der Waals surface area contributed by atoms with E-state index in [4.69, 9.17) is 11.6 Å². The summed E-state index contributed by atoms with van der Waals surface area (Å²) in [6.07, 6.45) is 5.80. The lowest BCUT2D eigenvalue weighted by Gasteiger charge is -2.23. The Kier molecular flexibility index (Phi) is 4.79. The second-order valence-electron chi connectivity index (χ2n) is 5.10. The van der Waals surface area contributed by atoms with Gasteiger partial charge in [-0.1, -0.05) is 36.6 Å². The Morgan fingerprint density at radius 1 is 1.39 bits per heavy atom. The first-order valence-corrected chi connectivity index (χ1v) is 7.03. The summed E-state index contributed by atoms with van der Waals surface area (Å²) < 4.78 is 0. The molecule has 1 saturated carbocycles. The molecule has 0 bridgehead atoms. The van der Waals surface area contributed by atoms with Crippen LogP contribution < -0.4 is 0 Å². The Bertz CT molecular complexity index is 413. The second-order valence-corrected chi connectivity index (χ2v) is 5.54. The van der Waals surface area contributed by atoms with Gasteiger partial charge in [0, 0.05) is 29.6 Å². The molecule has 1 fully saturated rings. The first kappa shape index (κ1) is 13.6. The molecule has 0 heterocycles. The van der Waals surface area contributed by atoms with Crippen molar-refractivity contribution in [3.05, 3.63) is 34.9 Å². The SMILES string of the molecule is CN(CCC(=O)c1cccc(Cl)c1)C1CCCC1. The largest absolute Gasteiger partial charge is 0.303 e. The molecule has 1 aliphatic carbocycles. The number of rotatable bonds is 5. The van der Waals surface area contributed by atoms with Crippen LogP contribution >= 0.6 is 11.6 Å². The molecule has 0 spiro atoms. The van der Waals surface area contributed by atoms with Crippen LogP contribution in [-0.2, 0) is 0 Å². The number of halogens is 1. The van der Waals surface area contributed by atoms with Gasteiger partial charge in [-0.05, 0) is 32.0 Å². The molecule has 18 heavy (non-hydrogen) atoms. The average Bonchev–Trinajstić information content (AvgIpc) is 2.89. The lowest BCUT2D eigenvalue weighted by atomic mass is 10.1. The van der Waals surface area contributed by atoms with E-state index in [1.807, 2.05) is 12.1 Å². The van der Waals surface area contributed by atoms with Crippen LogP contribution in [0.5, 0.6) is 0 Å². The number of hydrogen-bond acceptors (Lipinski definition) is 2. The van der Waals surface area contributed by atoms with E-state index in [1.165, 1.54) is 25.7 Å². The third-order valence-corrected chi connectivity index (χ3v) is 4.02. The highest BCUT2D eigenvalue weighted by molar-refractivity contribution is 6.31. The lowest BCUT2D eigenvalue weighted by Crippen LogP contribution is -2.31. The quantitative estimate of drug-likeness (QED) is 0.755. The highest BCUT2D eigenvalue weighted by Gasteiger charge is 2.19. The van der Waals surface area contributed by atoms with E-state index in [9.17, 15) is 4.79 Å². The summed E-state index contributed by atoms with van der Waals surface area (Å²) >= 11 is 5.89. The smallest absolute Gasteiger partial charge is 0.164 e. The molecule has 1 aliphatic rings. The molecule has 0 radical (unpaired) electrons. The molecule has 2 rings (SSSR count). The summed E-state index contributed by atoms with van der Waals surface area (Å²) in [6.45, 7) is 0.843. The lowest BCUT2D eigenvalue weighted by molar-refractivity contribution is 0.0961. The van der Waals surface area contributed by atoms with Crippen molar-refractivity contribution in [1.29, 1.82) is 0 Å². The summed E-state index contributed by atoms with van der Waals surface area (Å²) in [5.41, 5.74) is 0.724. The van der Waals surface area contributed by atoms with Crippen LogP contribution in [-0.4, -0.2) is 30.3 Å². The van der Waals surface area contributed by atoms with Crippen LogP contribution in [0.2, 0.25) is 5.02 Å². The maximum Gasteiger partial charge on any atom is 0.164 e. The van der Waals surface area contributed by atoms with Gasteiger partial charge in [-0.25, -0.2) is 0 Å². The van der Waals surface area contributed by atoms with Crippen LogP contribution in [0.4, 0.5) is 0 Å². The van der Waals surface area contributed by atoms with Crippen molar-refractivity contribution in [2.75, 3.05) is 13.6 Å². The Labute approximate surface area is 114 Å². The van der Waals surface area contributed by atoms with Gasteiger partial charge in [0.1, 0.15) is 0 Å². The molecule has 0 unspecified atom stereocenters. The molecule has 1 aromatic rings. The molecule has 0 atom stereocenters. The number of hydrogen-bond donors (Lipinski definition) is 0. The van der Waals surface area contributed by atoms with Crippen molar-refractivity contribution in [1.82, 2.24) is 4.90 Å². The molecular weight excluding hydrogens is 246 g/mol. The van der Waals surface area contributed by atoms with Gasteiger partial charge in [0.25, 0.3) is 0 Å². The fourth-order valence-electron chi connectivity index (χ4n) is 2.61. The van der Waals surface area contributed by atoms with Gasteiger partial charge in [0.05, 0.1) is 0 Å². The minimum Gasteiger partial charge on any atom is -0.303 e. The number of benzene rings is 1. The second kappa shape index (κ2) is 6.35. The van der Waals surface area contributed by atoms with E-state index < -0.39 is 0 Å². The average molecular weight is 266 g/mol. The molecular formula is C15H20ClNO. The Morgan fingerprint density at radius 3 is 2.78 bits per heavy atom. The number of carbonyl (C=O) groups excluding carboxylic acids is 1. The normalized spacial score (nSPS) is 16.4. The fraction of sp³-hybridized carbons (Fsp3) is 0.533. The van der Waals surface area contributed by atoms with Crippen molar-refractivity contribution in [2.45, 2.75) is 38.1 Å². The summed E-state index contributed by atoms with van der Waals surface area (Å²) in [5.74, 6) is 0.183. The molecule has 3 heteroatoms. The van der Waals surface area contributed by atoms with Crippen LogP contribution in [0, 0.1) is 0 Å². The fourth-order valence-corrected chi connectivity index (χ4v) is 2.80. The third kappa shape index (κ3) is 3.56. The van der Waals surface area contributed by atoms with E-state index >= 15 is 0 Å². The van der Waals surface area contributed by atoms with Crippen LogP contribution in [0.15, 0.2) is 24.3 Å². The predicted octanol–water partition coefficient (Wildman–Crippen LogP) is 3.79. The minimum atomic E-state index is 0.183. The molecule has 0 aliphatic heterocycles. The molecule has 1 aromatic carbocycles. The molecule has 0 saturated heterocycles. The van der Waals surface area contributed by atoms with E-state index in [0.717, 1.165) is 12.1 Å². The van der Waals surface area contributed by atoms with E-state index in [2.05, 4.69) is 11.9 Å². The third-order valence-electron chi connectivity index (χ3n) is 3.79. The maximum atomic E-state index is 12.0. The predicted molar refractivity (Wildman–Crippen MR) is 75.3 cm³/mol. The van der Waals surface area contributed by atoms with Gasteiger partial charge in [-0.15, -0.1) is 0 Å². The Morgan fingerprint density at radius 2 is 2.11 bits per heavy atom. The number of nitrogens with zero attached hydrogens (tertiary/aromatic N) is 1. The topological polar surface area (TPSA) is 20.3 Å². The van der Waals surface area contributed by atoms with E-state index in [1.54, 1.807) is 12.1 Å². The van der Waals surface area contributed by atoms with E-state index in [-0.39, 0.29) is 5.78 Å². The summed E-state index contributed by atoms with van der Waals surface area (Å²) in [7, 11) is 2.13. The number of carbonyl (C=O) groups is 1. The zero-order chi connectivity index (χ0) is 13.0. The first-order valence-electron chi connectivity index (χ1n) is 6.66. The monoisotopic (exact) mass is 265 g/mol. The number of Topliss-reactive ketones (excluding diaryl/α,β-unsaturated/α-hetero) is 1. The summed E-state index contributed by atoms with van der Waals surface area (Å²) in [4.78, 5) is 14.4. The van der Waals surface area contributed by atoms with Crippen molar-refractivity contribution in [3.8, 4) is 0 Å². The Hall–Kier alpha value is -0.860. The Balaban J connectivity index is 1.84. The van der Waals surface area contributed by atoms with Crippen molar-refractivity contribution in [3.63, 3.8) is 0 Å². The highest BCUT2D eigenvalue weighted by atomic mass is 35.5. The standard InChI is InChI=1S/C15H20ClNO/c1-17(14-7-2-3-8-14)10-9-15(18)12-5-4-6-13(16)11-12/h4-6,11,14H,2-3,7-10H2,1H3. The van der Waals surface area contributed by atoms with Crippen molar-refractivity contribution < 1.29 is 4.79 Å².